The van der Waals surface area contributed by atoms with Crippen LogP contribution in [0.4, 0.5) is 5.69 Å². The molecule has 2 aliphatic rings. The summed E-state index contributed by atoms with van der Waals surface area (Å²) in [6.07, 6.45) is 6.37. The van der Waals surface area contributed by atoms with E-state index in [0.29, 0.717) is 23.0 Å². The highest BCUT2D eigenvalue weighted by Crippen LogP contribution is 2.40. The van der Waals surface area contributed by atoms with Gasteiger partial charge >= 0.3 is 5.97 Å². The van der Waals surface area contributed by atoms with Crippen LogP contribution in [0.2, 0.25) is 0 Å². The zero-order valence-electron chi connectivity index (χ0n) is 18.5. The number of hydrogen-bond acceptors (Lipinski definition) is 5. The van der Waals surface area contributed by atoms with E-state index in [2.05, 4.69) is 6.92 Å². The molecule has 0 aromatic heterocycles. The van der Waals surface area contributed by atoms with E-state index in [-0.39, 0.29) is 17.9 Å². The van der Waals surface area contributed by atoms with Crippen LogP contribution in [0.25, 0.3) is 6.08 Å². The fourth-order valence-corrected chi connectivity index (χ4v) is 5.28. The van der Waals surface area contributed by atoms with E-state index in [4.69, 9.17) is 9.73 Å². The summed E-state index contributed by atoms with van der Waals surface area (Å²) in [5.41, 5.74) is 2.21. The standard InChI is InChI=1S/C26H28N2O3S/c1-3-31-25(30)20-15-13-19(14-16-20)17-23-24(29)28(22-12-8-7-9-18(22)2)26(32-23)27-21-10-5-4-6-11-21/h4-6,10-11,13-18,22H,3,7-9,12H2,1-2H3/b23-17-,27-26?/t18-,22+/m0/s1. The molecule has 4 rings (SSSR count). The SMILES string of the molecule is CCOC(=O)c1ccc(/C=C2\SC(=Nc3ccccc3)N([C@@H]3CCCC[C@@H]3C)C2=O)cc1. The maximum absolute atomic E-state index is 13.5. The number of rotatable bonds is 5. The van der Waals surface area contributed by atoms with Crippen molar-refractivity contribution in [2.45, 2.75) is 45.6 Å². The Kier molecular flexibility index (Phi) is 7.10. The Morgan fingerprint density at radius 2 is 1.84 bits per heavy atom. The van der Waals surface area contributed by atoms with Crippen LogP contribution < -0.4 is 0 Å². The number of esters is 1. The Balaban J connectivity index is 1.64. The van der Waals surface area contributed by atoms with Gasteiger partial charge in [-0.05, 0) is 73.4 Å². The number of nitrogens with zero attached hydrogens (tertiary/aromatic N) is 2. The summed E-state index contributed by atoms with van der Waals surface area (Å²) in [4.78, 5) is 32.8. The van der Waals surface area contributed by atoms with Gasteiger partial charge in [0, 0.05) is 6.04 Å². The van der Waals surface area contributed by atoms with Crippen LogP contribution in [0, 0.1) is 5.92 Å². The molecule has 166 valence electrons. The predicted octanol–water partition coefficient (Wildman–Crippen LogP) is 6.05. The molecule has 32 heavy (non-hydrogen) atoms. The van der Waals surface area contributed by atoms with E-state index in [0.717, 1.165) is 35.7 Å². The minimum atomic E-state index is -0.340. The van der Waals surface area contributed by atoms with Crippen LogP contribution in [0.3, 0.4) is 0 Å². The minimum absolute atomic E-state index is 0.0119. The van der Waals surface area contributed by atoms with E-state index in [1.165, 1.54) is 18.2 Å². The number of amidine groups is 1. The zero-order chi connectivity index (χ0) is 22.5. The molecule has 2 fully saturated rings. The van der Waals surface area contributed by atoms with E-state index < -0.39 is 0 Å². The van der Waals surface area contributed by atoms with Crippen molar-refractivity contribution in [1.29, 1.82) is 0 Å². The molecule has 1 heterocycles. The first kappa shape index (κ1) is 22.3. The molecule has 0 unspecified atom stereocenters. The third-order valence-corrected chi connectivity index (χ3v) is 6.92. The van der Waals surface area contributed by atoms with E-state index >= 15 is 0 Å². The lowest BCUT2D eigenvalue weighted by atomic mass is 9.85. The van der Waals surface area contributed by atoms with Crippen molar-refractivity contribution in [1.82, 2.24) is 4.90 Å². The molecule has 0 radical (unpaired) electrons. The number of amides is 1. The smallest absolute Gasteiger partial charge is 0.338 e. The fourth-order valence-electron chi connectivity index (χ4n) is 4.23. The topological polar surface area (TPSA) is 59.0 Å². The van der Waals surface area contributed by atoms with Crippen molar-refractivity contribution in [3.63, 3.8) is 0 Å². The second-order valence-electron chi connectivity index (χ2n) is 8.19. The first-order valence-corrected chi connectivity index (χ1v) is 12.0. The Morgan fingerprint density at radius 3 is 2.53 bits per heavy atom. The number of thioether (sulfide) groups is 1. The number of ether oxygens (including phenoxy) is 1. The minimum Gasteiger partial charge on any atom is -0.462 e. The molecule has 1 aliphatic carbocycles. The van der Waals surface area contributed by atoms with Gasteiger partial charge in [-0.25, -0.2) is 9.79 Å². The summed E-state index contributed by atoms with van der Waals surface area (Å²) < 4.78 is 5.05. The number of carbonyl (C=O) groups is 2. The largest absolute Gasteiger partial charge is 0.462 e. The molecule has 0 bridgehead atoms. The second-order valence-corrected chi connectivity index (χ2v) is 9.20. The van der Waals surface area contributed by atoms with Crippen LogP contribution >= 0.6 is 11.8 Å². The fraction of sp³-hybridized carbons (Fsp3) is 0.346. The quantitative estimate of drug-likeness (QED) is 0.413. The molecule has 0 N–H and O–H groups in total. The van der Waals surface area contributed by atoms with Crippen LogP contribution in [0.15, 0.2) is 64.5 Å². The number of aliphatic imine (C=N–C) groups is 1. The third-order valence-electron chi connectivity index (χ3n) is 5.94. The average molecular weight is 449 g/mol. The highest BCUT2D eigenvalue weighted by Gasteiger charge is 2.41. The van der Waals surface area contributed by atoms with Gasteiger partial charge < -0.3 is 4.74 Å². The van der Waals surface area contributed by atoms with Crippen molar-refractivity contribution >= 4 is 40.6 Å². The summed E-state index contributed by atoms with van der Waals surface area (Å²) in [6.45, 7) is 4.36. The maximum Gasteiger partial charge on any atom is 0.338 e. The lowest BCUT2D eigenvalue weighted by Gasteiger charge is -2.35. The summed E-state index contributed by atoms with van der Waals surface area (Å²) >= 11 is 1.43. The molecule has 2 atom stereocenters. The highest BCUT2D eigenvalue weighted by atomic mass is 32.2. The molecule has 1 aliphatic heterocycles. The number of para-hydroxylation sites is 1. The van der Waals surface area contributed by atoms with Crippen molar-refractivity contribution in [2.75, 3.05) is 6.61 Å². The van der Waals surface area contributed by atoms with E-state index in [9.17, 15) is 9.59 Å². The normalized spacial score (nSPS) is 23.7. The van der Waals surface area contributed by atoms with Gasteiger partial charge in [0.2, 0.25) is 0 Å². The van der Waals surface area contributed by atoms with Crippen LogP contribution in [0.1, 0.15) is 55.5 Å². The number of benzene rings is 2. The molecule has 5 nitrogen and oxygen atoms in total. The molecule has 1 amide bonds. The molecule has 6 heteroatoms. The number of hydrogen-bond donors (Lipinski definition) is 0. The van der Waals surface area contributed by atoms with Gasteiger partial charge in [-0.1, -0.05) is 50.1 Å². The Morgan fingerprint density at radius 1 is 1.12 bits per heavy atom. The lowest BCUT2D eigenvalue weighted by Crippen LogP contribution is -2.44. The van der Waals surface area contributed by atoms with Crippen molar-refractivity contribution < 1.29 is 14.3 Å². The summed E-state index contributed by atoms with van der Waals surface area (Å²) in [6, 6.07) is 17.1. The molecular formula is C26H28N2O3S. The molecule has 0 spiro atoms. The molecule has 2 aromatic carbocycles. The van der Waals surface area contributed by atoms with E-state index in [1.807, 2.05) is 53.4 Å². The Hall–Kier alpha value is -2.86. The zero-order valence-corrected chi connectivity index (χ0v) is 19.3. The van der Waals surface area contributed by atoms with Crippen molar-refractivity contribution in [3.05, 3.63) is 70.6 Å². The summed E-state index contributed by atoms with van der Waals surface area (Å²) in [5.74, 6) is 0.114. The highest BCUT2D eigenvalue weighted by molar-refractivity contribution is 8.18. The Labute approximate surface area is 193 Å². The first-order valence-electron chi connectivity index (χ1n) is 11.2. The van der Waals surface area contributed by atoms with Crippen molar-refractivity contribution in [2.24, 2.45) is 10.9 Å². The summed E-state index contributed by atoms with van der Waals surface area (Å²) in [5, 5.41) is 0.745. The monoisotopic (exact) mass is 448 g/mol. The van der Waals surface area contributed by atoms with Crippen LogP contribution in [0.5, 0.6) is 0 Å². The molecule has 1 saturated carbocycles. The van der Waals surface area contributed by atoms with Crippen LogP contribution in [-0.2, 0) is 9.53 Å². The second kappa shape index (κ2) is 10.2. The Bertz CT molecular complexity index is 1030. The first-order chi connectivity index (χ1) is 15.6. The van der Waals surface area contributed by atoms with Gasteiger partial charge in [0.1, 0.15) is 0 Å². The molecular weight excluding hydrogens is 420 g/mol. The van der Waals surface area contributed by atoms with Gasteiger partial charge in [0.15, 0.2) is 5.17 Å². The van der Waals surface area contributed by atoms with Gasteiger partial charge in [0.05, 0.1) is 22.8 Å². The maximum atomic E-state index is 13.5. The predicted molar refractivity (Wildman–Crippen MR) is 130 cm³/mol. The van der Waals surface area contributed by atoms with Gasteiger partial charge in [-0.3, -0.25) is 9.69 Å². The molecule has 2 aromatic rings. The van der Waals surface area contributed by atoms with E-state index in [1.54, 1.807) is 19.1 Å². The third kappa shape index (κ3) is 4.96. The number of carbonyl (C=O) groups excluding carboxylic acids is 2. The molecule has 1 saturated heterocycles. The lowest BCUT2D eigenvalue weighted by molar-refractivity contribution is -0.124. The van der Waals surface area contributed by atoms with Gasteiger partial charge in [-0.2, -0.15) is 0 Å². The van der Waals surface area contributed by atoms with Crippen molar-refractivity contribution in [3.8, 4) is 0 Å². The summed E-state index contributed by atoms with van der Waals surface area (Å²) in [7, 11) is 0. The average Bonchev–Trinajstić information content (AvgIpc) is 3.10. The van der Waals surface area contributed by atoms with Gasteiger partial charge in [-0.15, -0.1) is 0 Å². The van der Waals surface area contributed by atoms with Crippen LogP contribution in [-0.4, -0.2) is 34.6 Å². The van der Waals surface area contributed by atoms with Gasteiger partial charge in [0.25, 0.3) is 5.91 Å².